The third kappa shape index (κ3) is 4.39. The molecule has 0 radical (unpaired) electrons. The molecule has 27 heavy (non-hydrogen) atoms. The number of nitrogens with one attached hydrogen (secondary N) is 1. The second-order valence-corrected chi connectivity index (χ2v) is 6.22. The molecule has 0 saturated carbocycles. The Bertz CT molecular complexity index is 955. The Labute approximate surface area is 158 Å². The van der Waals surface area contributed by atoms with Crippen LogP contribution in [0.2, 0.25) is 0 Å². The van der Waals surface area contributed by atoms with Crippen LogP contribution in [0.4, 0.5) is 5.69 Å². The maximum atomic E-state index is 12.7. The van der Waals surface area contributed by atoms with Gasteiger partial charge in [-0.1, -0.05) is 48.5 Å². The second-order valence-electron chi connectivity index (χ2n) is 6.22. The summed E-state index contributed by atoms with van der Waals surface area (Å²) in [7, 11) is 1.68. The summed E-state index contributed by atoms with van der Waals surface area (Å²) in [6, 6.07) is 22.0. The maximum Gasteiger partial charge on any atom is 0.276 e. The van der Waals surface area contributed by atoms with E-state index in [0.29, 0.717) is 6.54 Å². The number of aromatic nitrogens is 1. The van der Waals surface area contributed by atoms with Gasteiger partial charge in [-0.3, -0.25) is 9.59 Å². The minimum atomic E-state index is -0.310. The van der Waals surface area contributed by atoms with E-state index in [2.05, 4.69) is 10.3 Å². The Morgan fingerprint density at radius 3 is 2.30 bits per heavy atom. The number of nitrogens with zero attached hydrogens (tertiary/aromatic N) is 2. The minimum absolute atomic E-state index is 0.218. The zero-order valence-corrected chi connectivity index (χ0v) is 15.3. The molecule has 3 aromatic rings. The number of hydrogen-bond acceptors (Lipinski definition) is 3. The summed E-state index contributed by atoms with van der Waals surface area (Å²) in [5.74, 6) is -0.579. The van der Waals surface area contributed by atoms with E-state index in [4.69, 9.17) is 0 Å². The van der Waals surface area contributed by atoms with E-state index < -0.39 is 0 Å². The third-order valence-corrected chi connectivity index (χ3v) is 4.35. The molecular formula is C22H21N3O2. The summed E-state index contributed by atoms with van der Waals surface area (Å²) in [5, 5.41) is 2.86. The summed E-state index contributed by atoms with van der Waals surface area (Å²) in [6.45, 7) is 2.41. The van der Waals surface area contributed by atoms with Crippen LogP contribution in [-0.4, -0.2) is 23.8 Å². The molecule has 0 aliphatic rings. The molecule has 136 valence electrons. The van der Waals surface area contributed by atoms with Crippen molar-refractivity contribution in [1.82, 2.24) is 10.3 Å². The van der Waals surface area contributed by atoms with Crippen LogP contribution in [0.1, 0.15) is 32.1 Å². The lowest BCUT2D eigenvalue weighted by Gasteiger charge is -2.17. The van der Waals surface area contributed by atoms with E-state index in [1.54, 1.807) is 25.2 Å². The van der Waals surface area contributed by atoms with E-state index in [1.165, 1.54) is 4.90 Å². The number of amides is 2. The monoisotopic (exact) mass is 359 g/mol. The molecule has 1 heterocycles. The molecule has 5 heteroatoms. The van der Waals surface area contributed by atoms with E-state index in [1.807, 2.05) is 61.5 Å². The van der Waals surface area contributed by atoms with Crippen LogP contribution in [-0.2, 0) is 6.54 Å². The summed E-state index contributed by atoms with van der Waals surface area (Å²) in [5.41, 5.74) is 3.36. The van der Waals surface area contributed by atoms with Crippen LogP contribution >= 0.6 is 0 Å². The Morgan fingerprint density at radius 1 is 0.889 bits per heavy atom. The summed E-state index contributed by atoms with van der Waals surface area (Å²) < 4.78 is 0. The van der Waals surface area contributed by atoms with Gasteiger partial charge in [0.2, 0.25) is 0 Å². The average molecular weight is 359 g/mol. The van der Waals surface area contributed by atoms with Gasteiger partial charge in [0.1, 0.15) is 11.4 Å². The maximum absolute atomic E-state index is 12.7. The normalized spacial score (nSPS) is 10.3. The fraction of sp³-hybridized carbons (Fsp3) is 0.136. The summed E-state index contributed by atoms with van der Waals surface area (Å²) in [6.07, 6.45) is 0. The standard InChI is InChI=1S/C22H21N3O2/c1-16-9-6-7-10-17(16)15-23-21(26)19-13-8-14-20(24-19)22(27)25(2)18-11-4-3-5-12-18/h3-14H,15H2,1-2H3,(H,23,26). The van der Waals surface area contributed by atoms with Gasteiger partial charge in [-0.05, 0) is 42.3 Å². The number of benzene rings is 2. The molecule has 2 aromatic carbocycles. The molecule has 2 amide bonds. The van der Waals surface area contributed by atoms with Gasteiger partial charge >= 0.3 is 0 Å². The number of carbonyl (C=O) groups excluding carboxylic acids is 2. The van der Waals surface area contributed by atoms with Gasteiger partial charge < -0.3 is 10.2 Å². The highest BCUT2D eigenvalue weighted by Crippen LogP contribution is 2.14. The first-order chi connectivity index (χ1) is 13.1. The highest BCUT2D eigenvalue weighted by Gasteiger charge is 2.17. The number of carbonyl (C=O) groups is 2. The van der Waals surface area contributed by atoms with Crippen molar-refractivity contribution in [1.29, 1.82) is 0 Å². The molecule has 1 aromatic heterocycles. The van der Waals surface area contributed by atoms with Crippen LogP contribution in [0.25, 0.3) is 0 Å². The molecule has 0 aliphatic heterocycles. The van der Waals surface area contributed by atoms with Crippen LogP contribution < -0.4 is 10.2 Å². The van der Waals surface area contributed by atoms with Gasteiger partial charge in [-0.2, -0.15) is 0 Å². The van der Waals surface area contributed by atoms with Gasteiger partial charge in [-0.25, -0.2) is 4.98 Å². The molecular weight excluding hydrogens is 338 g/mol. The Morgan fingerprint density at radius 2 is 1.56 bits per heavy atom. The molecule has 0 atom stereocenters. The van der Waals surface area contributed by atoms with Crippen molar-refractivity contribution in [2.45, 2.75) is 13.5 Å². The molecule has 5 nitrogen and oxygen atoms in total. The van der Waals surface area contributed by atoms with E-state index in [0.717, 1.165) is 16.8 Å². The van der Waals surface area contributed by atoms with E-state index in [9.17, 15) is 9.59 Å². The van der Waals surface area contributed by atoms with Crippen molar-refractivity contribution in [3.8, 4) is 0 Å². The van der Waals surface area contributed by atoms with E-state index in [-0.39, 0.29) is 23.2 Å². The smallest absolute Gasteiger partial charge is 0.276 e. The van der Waals surface area contributed by atoms with Gasteiger partial charge in [0.05, 0.1) is 0 Å². The van der Waals surface area contributed by atoms with Gasteiger partial charge in [0, 0.05) is 19.3 Å². The lowest BCUT2D eigenvalue weighted by Crippen LogP contribution is -2.29. The topological polar surface area (TPSA) is 62.3 Å². The predicted octanol–water partition coefficient (Wildman–Crippen LogP) is 3.60. The van der Waals surface area contributed by atoms with Gasteiger partial charge in [0.15, 0.2) is 0 Å². The predicted molar refractivity (Wildman–Crippen MR) is 106 cm³/mol. The summed E-state index contributed by atoms with van der Waals surface area (Å²) >= 11 is 0. The molecule has 0 fully saturated rings. The fourth-order valence-corrected chi connectivity index (χ4v) is 2.70. The van der Waals surface area contributed by atoms with Gasteiger partial charge in [-0.15, -0.1) is 0 Å². The Balaban J connectivity index is 1.72. The zero-order valence-electron chi connectivity index (χ0n) is 15.3. The third-order valence-electron chi connectivity index (χ3n) is 4.35. The van der Waals surface area contributed by atoms with Crippen LogP contribution in [0.3, 0.4) is 0 Å². The van der Waals surface area contributed by atoms with Crippen molar-refractivity contribution in [2.75, 3.05) is 11.9 Å². The first-order valence-corrected chi connectivity index (χ1v) is 8.69. The number of pyridine rings is 1. The number of hydrogen-bond donors (Lipinski definition) is 1. The average Bonchev–Trinajstić information content (AvgIpc) is 2.72. The van der Waals surface area contributed by atoms with Crippen LogP contribution in [0, 0.1) is 6.92 Å². The molecule has 3 rings (SSSR count). The molecule has 0 aliphatic carbocycles. The first-order valence-electron chi connectivity index (χ1n) is 8.69. The molecule has 0 saturated heterocycles. The van der Waals surface area contributed by atoms with Crippen molar-refractivity contribution in [2.24, 2.45) is 0 Å². The van der Waals surface area contributed by atoms with Crippen molar-refractivity contribution in [3.05, 3.63) is 95.3 Å². The van der Waals surface area contributed by atoms with Crippen LogP contribution in [0.5, 0.6) is 0 Å². The quantitative estimate of drug-likeness (QED) is 0.757. The second kappa shape index (κ2) is 8.27. The number of aryl methyl sites for hydroxylation is 1. The van der Waals surface area contributed by atoms with E-state index >= 15 is 0 Å². The molecule has 1 N–H and O–H groups in total. The highest BCUT2D eigenvalue weighted by molar-refractivity contribution is 6.05. The molecule has 0 bridgehead atoms. The lowest BCUT2D eigenvalue weighted by atomic mass is 10.1. The SMILES string of the molecule is Cc1ccccc1CNC(=O)c1cccc(C(=O)N(C)c2ccccc2)n1. The number of para-hydroxylation sites is 1. The van der Waals surface area contributed by atoms with Crippen molar-refractivity contribution >= 4 is 17.5 Å². The van der Waals surface area contributed by atoms with Crippen molar-refractivity contribution < 1.29 is 9.59 Å². The zero-order chi connectivity index (χ0) is 19.2. The fourth-order valence-electron chi connectivity index (χ4n) is 2.70. The highest BCUT2D eigenvalue weighted by atomic mass is 16.2. The largest absolute Gasteiger partial charge is 0.347 e. The summed E-state index contributed by atoms with van der Waals surface area (Å²) in [4.78, 5) is 30.9. The minimum Gasteiger partial charge on any atom is -0.347 e. The molecule has 0 unspecified atom stereocenters. The molecule has 0 spiro atoms. The lowest BCUT2D eigenvalue weighted by molar-refractivity contribution is 0.0945. The first kappa shape index (κ1) is 18.3. The Hall–Kier alpha value is -3.47. The van der Waals surface area contributed by atoms with Crippen molar-refractivity contribution in [3.63, 3.8) is 0 Å². The number of anilines is 1. The van der Waals surface area contributed by atoms with Gasteiger partial charge in [0.25, 0.3) is 11.8 Å². The Kier molecular flexibility index (Phi) is 5.61. The van der Waals surface area contributed by atoms with Crippen LogP contribution in [0.15, 0.2) is 72.8 Å². The number of rotatable bonds is 5.